The molecule has 2 aromatic heterocycles. The maximum atomic E-state index is 6.17. The van der Waals surface area contributed by atoms with Crippen LogP contribution in [0.25, 0.3) is 10.2 Å². The van der Waals surface area contributed by atoms with Crippen molar-refractivity contribution in [2.45, 2.75) is 19.4 Å². The average Bonchev–Trinajstić information content (AvgIpc) is 2.94. The highest BCUT2D eigenvalue weighted by Crippen LogP contribution is 2.26. The van der Waals surface area contributed by atoms with Gasteiger partial charge >= 0.3 is 0 Å². The smallest absolute Gasteiger partial charge is 0.123 e. The van der Waals surface area contributed by atoms with E-state index in [1.807, 2.05) is 31.2 Å². The van der Waals surface area contributed by atoms with E-state index < -0.39 is 0 Å². The minimum atomic E-state index is -0.124. The Morgan fingerprint density at radius 2 is 2.17 bits per heavy atom. The molecule has 0 saturated heterocycles. The van der Waals surface area contributed by atoms with Crippen molar-refractivity contribution >= 4 is 21.6 Å². The second kappa shape index (κ2) is 4.55. The number of hydrogen-bond donors (Lipinski definition) is 1. The molecule has 0 amide bonds. The van der Waals surface area contributed by atoms with Gasteiger partial charge in [0.1, 0.15) is 5.76 Å². The standard InChI is InChI=1S/C14H14N2OS/c1-9-6-7-17-14(9)10(15)8-13-16-11-4-2-3-5-12(11)18-13/h2-7,10H,8,15H2,1H3. The Hall–Kier alpha value is -1.65. The molecular formula is C14H14N2OS. The van der Waals surface area contributed by atoms with Gasteiger partial charge in [-0.15, -0.1) is 11.3 Å². The molecule has 2 heterocycles. The Kier molecular flexibility index (Phi) is 2.89. The molecule has 0 aliphatic heterocycles. The van der Waals surface area contributed by atoms with Gasteiger partial charge in [0.15, 0.2) is 0 Å². The number of aryl methyl sites for hydroxylation is 1. The van der Waals surface area contributed by atoms with E-state index in [9.17, 15) is 0 Å². The number of nitrogens with two attached hydrogens (primary N) is 1. The van der Waals surface area contributed by atoms with Crippen LogP contribution in [0.3, 0.4) is 0 Å². The fraction of sp³-hybridized carbons (Fsp3) is 0.214. The fourth-order valence-corrected chi connectivity index (χ4v) is 3.08. The molecule has 1 aromatic carbocycles. The number of fused-ring (bicyclic) bond motifs is 1. The average molecular weight is 258 g/mol. The number of para-hydroxylation sites is 1. The number of benzene rings is 1. The van der Waals surface area contributed by atoms with E-state index in [-0.39, 0.29) is 6.04 Å². The Balaban J connectivity index is 1.86. The number of rotatable bonds is 3. The van der Waals surface area contributed by atoms with Crippen LogP contribution < -0.4 is 5.73 Å². The molecule has 0 spiro atoms. The molecule has 3 aromatic rings. The zero-order valence-electron chi connectivity index (χ0n) is 10.1. The number of thiazole rings is 1. The second-order valence-corrected chi connectivity index (χ2v) is 5.47. The zero-order valence-corrected chi connectivity index (χ0v) is 10.9. The Labute approximate surface area is 109 Å². The first kappa shape index (κ1) is 11.4. The van der Waals surface area contributed by atoms with E-state index in [2.05, 4.69) is 11.1 Å². The van der Waals surface area contributed by atoms with E-state index in [0.29, 0.717) is 6.42 Å². The van der Waals surface area contributed by atoms with E-state index in [1.54, 1.807) is 17.6 Å². The van der Waals surface area contributed by atoms with Gasteiger partial charge in [0.05, 0.1) is 27.5 Å². The first-order valence-corrected chi connectivity index (χ1v) is 6.69. The van der Waals surface area contributed by atoms with E-state index >= 15 is 0 Å². The molecular weight excluding hydrogens is 244 g/mol. The number of nitrogens with zero attached hydrogens (tertiary/aromatic N) is 1. The molecule has 0 aliphatic carbocycles. The van der Waals surface area contributed by atoms with E-state index in [4.69, 9.17) is 10.2 Å². The molecule has 3 rings (SSSR count). The maximum Gasteiger partial charge on any atom is 0.123 e. The van der Waals surface area contributed by atoms with Gasteiger partial charge in [-0.25, -0.2) is 4.98 Å². The van der Waals surface area contributed by atoms with Crippen LogP contribution in [0.4, 0.5) is 0 Å². The van der Waals surface area contributed by atoms with Crippen molar-refractivity contribution in [1.29, 1.82) is 0 Å². The van der Waals surface area contributed by atoms with Crippen LogP contribution in [-0.2, 0) is 6.42 Å². The molecule has 4 heteroatoms. The number of aromatic nitrogens is 1. The second-order valence-electron chi connectivity index (χ2n) is 4.35. The van der Waals surface area contributed by atoms with Gasteiger partial charge in [-0.05, 0) is 30.7 Å². The number of furan rings is 1. The van der Waals surface area contributed by atoms with Crippen LogP contribution in [0, 0.1) is 6.92 Å². The predicted molar refractivity (Wildman–Crippen MR) is 73.7 cm³/mol. The topological polar surface area (TPSA) is 52.0 Å². The highest BCUT2D eigenvalue weighted by Gasteiger charge is 2.15. The normalized spacial score (nSPS) is 13.0. The maximum absolute atomic E-state index is 6.17. The van der Waals surface area contributed by atoms with Crippen molar-refractivity contribution in [2.24, 2.45) is 5.73 Å². The summed E-state index contributed by atoms with van der Waals surface area (Å²) in [5, 5.41) is 1.06. The summed E-state index contributed by atoms with van der Waals surface area (Å²) in [6, 6.07) is 9.95. The van der Waals surface area contributed by atoms with Gasteiger partial charge in [-0.2, -0.15) is 0 Å². The third kappa shape index (κ3) is 2.05. The van der Waals surface area contributed by atoms with Crippen molar-refractivity contribution in [1.82, 2.24) is 4.98 Å². The highest BCUT2D eigenvalue weighted by molar-refractivity contribution is 7.18. The van der Waals surface area contributed by atoms with E-state index in [1.165, 1.54) is 4.70 Å². The molecule has 0 aliphatic rings. The van der Waals surface area contributed by atoms with Crippen LogP contribution in [0.5, 0.6) is 0 Å². The van der Waals surface area contributed by atoms with Crippen LogP contribution in [0.1, 0.15) is 22.4 Å². The number of hydrogen-bond acceptors (Lipinski definition) is 4. The minimum Gasteiger partial charge on any atom is -0.467 e. The van der Waals surface area contributed by atoms with Crippen molar-refractivity contribution in [3.63, 3.8) is 0 Å². The van der Waals surface area contributed by atoms with Gasteiger partial charge in [0.25, 0.3) is 0 Å². The van der Waals surface area contributed by atoms with Crippen LogP contribution in [-0.4, -0.2) is 4.98 Å². The lowest BCUT2D eigenvalue weighted by atomic mass is 10.1. The van der Waals surface area contributed by atoms with E-state index in [0.717, 1.165) is 21.8 Å². The molecule has 18 heavy (non-hydrogen) atoms. The summed E-state index contributed by atoms with van der Waals surface area (Å²) in [5.41, 5.74) is 8.31. The molecule has 3 nitrogen and oxygen atoms in total. The summed E-state index contributed by atoms with van der Waals surface area (Å²) >= 11 is 1.70. The van der Waals surface area contributed by atoms with Gasteiger partial charge in [-0.3, -0.25) is 0 Å². The molecule has 1 atom stereocenters. The van der Waals surface area contributed by atoms with Gasteiger partial charge in [-0.1, -0.05) is 12.1 Å². The summed E-state index contributed by atoms with van der Waals surface area (Å²) in [6.07, 6.45) is 2.40. The van der Waals surface area contributed by atoms with Crippen molar-refractivity contribution in [2.75, 3.05) is 0 Å². The van der Waals surface area contributed by atoms with Crippen molar-refractivity contribution < 1.29 is 4.42 Å². The van der Waals surface area contributed by atoms with Crippen LogP contribution >= 0.6 is 11.3 Å². The zero-order chi connectivity index (χ0) is 12.5. The molecule has 0 fully saturated rings. The molecule has 0 saturated carbocycles. The summed E-state index contributed by atoms with van der Waals surface area (Å²) in [4.78, 5) is 4.59. The monoisotopic (exact) mass is 258 g/mol. The third-order valence-corrected chi connectivity index (χ3v) is 4.03. The first-order chi connectivity index (χ1) is 8.74. The lowest BCUT2D eigenvalue weighted by Gasteiger charge is -2.07. The van der Waals surface area contributed by atoms with Crippen LogP contribution in [0.2, 0.25) is 0 Å². The predicted octanol–water partition coefficient (Wildman–Crippen LogP) is 3.44. The molecule has 0 bridgehead atoms. The lowest BCUT2D eigenvalue weighted by molar-refractivity contribution is 0.461. The highest BCUT2D eigenvalue weighted by atomic mass is 32.1. The quantitative estimate of drug-likeness (QED) is 0.783. The first-order valence-electron chi connectivity index (χ1n) is 5.88. The fourth-order valence-electron chi connectivity index (χ4n) is 2.05. The summed E-state index contributed by atoms with van der Waals surface area (Å²) in [6.45, 7) is 2.01. The third-order valence-electron chi connectivity index (χ3n) is 2.97. The summed E-state index contributed by atoms with van der Waals surface area (Å²) < 4.78 is 6.63. The van der Waals surface area contributed by atoms with Crippen molar-refractivity contribution in [3.8, 4) is 0 Å². The lowest BCUT2D eigenvalue weighted by Crippen LogP contribution is -2.13. The van der Waals surface area contributed by atoms with Crippen molar-refractivity contribution in [3.05, 3.63) is 52.9 Å². The van der Waals surface area contributed by atoms with Gasteiger partial charge in [0, 0.05) is 6.42 Å². The molecule has 92 valence electrons. The largest absolute Gasteiger partial charge is 0.467 e. The van der Waals surface area contributed by atoms with Gasteiger partial charge in [0.2, 0.25) is 0 Å². The summed E-state index contributed by atoms with van der Waals surface area (Å²) in [7, 11) is 0. The van der Waals surface area contributed by atoms with Crippen LogP contribution in [0.15, 0.2) is 41.0 Å². The minimum absolute atomic E-state index is 0.124. The Morgan fingerprint density at radius 3 is 2.89 bits per heavy atom. The van der Waals surface area contributed by atoms with Gasteiger partial charge < -0.3 is 10.2 Å². The Morgan fingerprint density at radius 1 is 1.33 bits per heavy atom. The molecule has 1 unspecified atom stereocenters. The molecule has 0 radical (unpaired) electrons. The Bertz CT molecular complexity index is 638. The SMILES string of the molecule is Cc1ccoc1C(N)Cc1nc2ccccc2s1. The summed E-state index contributed by atoms with van der Waals surface area (Å²) in [5.74, 6) is 0.856. The molecule has 2 N–H and O–H groups in total.